The molecule has 0 aliphatic heterocycles. The fourth-order valence-electron chi connectivity index (χ4n) is 1.32. The fraction of sp³-hybridized carbons (Fsp3) is 0.455. The van der Waals surface area contributed by atoms with Gasteiger partial charge >= 0.3 is 0 Å². The van der Waals surface area contributed by atoms with Crippen molar-refractivity contribution in [2.45, 2.75) is 17.9 Å². The van der Waals surface area contributed by atoms with Gasteiger partial charge in [0.05, 0.1) is 16.3 Å². The van der Waals surface area contributed by atoms with Crippen LogP contribution in [0.4, 0.5) is 11.4 Å². The third kappa shape index (κ3) is 3.86. The van der Waals surface area contributed by atoms with Crippen molar-refractivity contribution in [1.82, 2.24) is 4.90 Å². The van der Waals surface area contributed by atoms with Crippen LogP contribution in [0, 0.1) is 0 Å². The smallest absolute Gasteiger partial charge is 0.238 e. The minimum atomic E-state index is -3.70. The number of nitrogens with two attached hydrogens (primary N) is 2. The van der Waals surface area contributed by atoms with Gasteiger partial charge in [-0.15, -0.1) is 0 Å². The number of primary sulfonamides is 1. The molecule has 0 spiro atoms. The number of rotatable bonds is 5. The summed E-state index contributed by atoms with van der Waals surface area (Å²) in [6.07, 6.45) is 0. The number of sulfonamides is 1. The summed E-state index contributed by atoms with van der Waals surface area (Å²) in [4.78, 5) is 2.09. The standard InChI is InChI=1S/C11H20N4O2S/c1-8(15(2)3)7-14-11-5-4-9(6-10(11)12)18(13,16)17/h4-6,8,14H,7,12H2,1-3H3,(H2,13,16,17). The van der Waals surface area contributed by atoms with E-state index >= 15 is 0 Å². The van der Waals surface area contributed by atoms with Crippen LogP contribution in [0.25, 0.3) is 0 Å². The van der Waals surface area contributed by atoms with Gasteiger partial charge < -0.3 is 16.0 Å². The Labute approximate surface area is 108 Å². The lowest BCUT2D eigenvalue weighted by molar-refractivity contribution is 0.326. The number of hydrogen-bond donors (Lipinski definition) is 3. The van der Waals surface area contributed by atoms with Gasteiger partial charge in [0.2, 0.25) is 10.0 Å². The first kappa shape index (κ1) is 14.7. The molecule has 5 N–H and O–H groups in total. The molecule has 0 amide bonds. The maximum Gasteiger partial charge on any atom is 0.238 e. The molecule has 0 aliphatic rings. The number of likely N-dealkylation sites (N-methyl/N-ethyl adjacent to an activating group) is 1. The Kier molecular flexibility index (Phi) is 4.55. The molecule has 1 unspecified atom stereocenters. The van der Waals surface area contributed by atoms with E-state index in [2.05, 4.69) is 17.1 Å². The summed E-state index contributed by atoms with van der Waals surface area (Å²) in [6.45, 7) is 2.79. The van der Waals surface area contributed by atoms with E-state index in [9.17, 15) is 8.42 Å². The summed E-state index contributed by atoms with van der Waals surface area (Å²) in [6, 6.07) is 4.76. The van der Waals surface area contributed by atoms with Gasteiger partial charge in [0.1, 0.15) is 0 Å². The normalized spacial score (nSPS) is 13.6. The summed E-state index contributed by atoms with van der Waals surface area (Å²) in [7, 11) is 0.269. The van der Waals surface area contributed by atoms with E-state index in [4.69, 9.17) is 10.9 Å². The molecule has 0 aliphatic carbocycles. The molecule has 0 aromatic heterocycles. The van der Waals surface area contributed by atoms with Crippen LogP contribution in [0.5, 0.6) is 0 Å². The molecule has 0 radical (unpaired) electrons. The highest BCUT2D eigenvalue weighted by atomic mass is 32.2. The van der Waals surface area contributed by atoms with E-state index in [1.807, 2.05) is 14.1 Å². The average Bonchev–Trinajstić information content (AvgIpc) is 2.25. The largest absolute Gasteiger partial charge is 0.397 e. The molecule has 7 heteroatoms. The highest BCUT2D eigenvalue weighted by molar-refractivity contribution is 7.89. The van der Waals surface area contributed by atoms with Crippen molar-refractivity contribution in [3.05, 3.63) is 18.2 Å². The molecule has 0 fully saturated rings. The zero-order valence-electron chi connectivity index (χ0n) is 10.8. The van der Waals surface area contributed by atoms with Gasteiger partial charge in [-0.3, -0.25) is 0 Å². The van der Waals surface area contributed by atoms with Crippen molar-refractivity contribution in [3.63, 3.8) is 0 Å². The summed E-state index contributed by atoms with van der Waals surface area (Å²) in [5, 5.41) is 8.20. The van der Waals surface area contributed by atoms with E-state index in [1.165, 1.54) is 12.1 Å². The van der Waals surface area contributed by atoms with E-state index in [0.29, 0.717) is 24.0 Å². The van der Waals surface area contributed by atoms with Gasteiger partial charge in [-0.05, 0) is 39.2 Å². The third-order valence-corrected chi connectivity index (χ3v) is 3.73. The predicted molar refractivity (Wildman–Crippen MR) is 73.9 cm³/mol. The highest BCUT2D eigenvalue weighted by Crippen LogP contribution is 2.21. The molecular formula is C11H20N4O2S. The second-order valence-corrected chi connectivity index (χ2v) is 6.05. The Bertz CT molecular complexity index is 514. The maximum atomic E-state index is 11.1. The lowest BCUT2D eigenvalue weighted by Gasteiger charge is -2.21. The van der Waals surface area contributed by atoms with Gasteiger partial charge in [-0.1, -0.05) is 0 Å². The van der Waals surface area contributed by atoms with Crippen molar-refractivity contribution in [1.29, 1.82) is 0 Å². The topological polar surface area (TPSA) is 101 Å². The van der Waals surface area contributed by atoms with Crippen LogP contribution in [0.15, 0.2) is 23.1 Å². The second kappa shape index (κ2) is 5.55. The number of nitrogen functional groups attached to an aromatic ring is 1. The molecular weight excluding hydrogens is 252 g/mol. The molecule has 18 heavy (non-hydrogen) atoms. The van der Waals surface area contributed by atoms with Crippen molar-refractivity contribution in [2.24, 2.45) is 5.14 Å². The molecule has 1 aromatic rings. The van der Waals surface area contributed by atoms with Crippen LogP contribution < -0.4 is 16.2 Å². The summed E-state index contributed by atoms with van der Waals surface area (Å²) >= 11 is 0. The molecule has 1 atom stereocenters. The number of hydrogen-bond acceptors (Lipinski definition) is 5. The lowest BCUT2D eigenvalue weighted by atomic mass is 10.2. The number of benzene rings is 1. The van der Waals surface area contributed by atoms with Crippen molar-refractivity contribution >= 4 is 21.4 Å². The summed E-state index contributed by atoms with van der Waals surface area (Å²) in [5.41, 5.74) is 6.86. The molecule has 0 heterocycles. The molecule has 102 valence electrons. The second-order valence-electron chi connectivity index (χ2n) is 4.49. The Morgan fingerprint density at radius 3 is 2.44 bits per heavy atom. The highest BCUT2D eigenvalue weighted by Gasteiger charge is 2.10. The first-order valence-corrected chi connectivity index (χ1v) is 7.09. The van der Waals surface area contributed by atoms with Gasteiger partial charge in [0, 0.05) is 12.6 Å². The van der Waals surface area contributed by atoms with E-state index in [1.54, 1.807) is 6.07 Å². The molecule has 1 aromatic carbocycles. The first-order chi connectivity index (χ1) is 8.21. The zero-order chi connectivity index (χ0) is 13.9. The fourth-order valence-corrected chi connectivity index (χ4v) is 1.87. The molecule has 1 rings (SSSR count). The quantitative estimate of drug-likeness (QED) is 0.668. The number of nitrogens with one attached hydrogen (secondary N) is 1. The molecule has 6 nitrogen and oxygen atoms in total. The summed E-state index contributed by atoms with van der Waals surface area (Å²) in [5.74, 6) is 0. The Hall–Kier alpha value is -1.31. The molecule has 0 saturated heterocycles. The van der Waals surface area contributed by atoms with Crippen LogP contribution in [0.3, 0.4) is 0 Å². The average molecular weight is 272 g/mol. The first-order valence-electron chi connectivity index (χ1n) is 5.54. The van der Waals surface area contributed by atoms with Crippen LogP contribution in [-0.2, 0) is 10.0 Å². The van der Waals surface area contributed by atoms with Crippen LogP contribution in [0.2, 0.25) is 0 Å². The van der Waals surface area contributed by atoms with Crippen molar-refractivity contribution < 1.29 is 8.42 Å². The van der Waals surface area contributed by atoms with Crippen LogP contribution in [0.1, 0.15) is 6.92 Å². The van der Waals surface area contributed by atoms with Crippen LogP contribution >= 0.6 is 0 Å². The van der Waals surface area contributed by atoms with Gasteiger partial charge in [-0.25, -0.2) is 13.6 Å². The van der Waals surface area contributed by atoms with E-state index < -0.39 is 10.0 Å². The Morgan fingerprint density at radius 1 is 1.39 bits per heavy atom. The number of anilines is 2. The van der Waals surface area contributed by atoms with E-state index in [-0.39, 0.29) is 4.90 Å². The van der Waals surface area contributed by atoms with Gasteiger partial charge in [-0.2, -0.15) is 0 Å². The van der Waals surface area contributed by atoms with Gasteiger partial charge in [0.15, 0.2) is 0 Å². The predicted octanol–water partition coefficient (Wildman–Crippen LogP) is 0.278. The zero-order valence-corrected chi connectivity index (χ0v) is 11.7. The van der Waals surface area contributed by atoms with Crippen LogP contribution in [-0.4, -0.2) is 40.0 Å². The lowest BCUT2D eigenvalue weighted by Crippen LogP contribution is -2.31. The third-order valence-electron chi connectivity index (χ3n) is 2.82. The van der Waals surface area contributed by atoms with E-state index in [0.717, 1.165) is 0 Å². The molecule has 0 bridgehead atoms. The Morgan fingerprint density at radius 2 is 2.00 bits per heavy atom. The minimum absolute atomic E-state index is 0.0196. The monoisotopic (exact) mass is 272 g/mol. The maximum absolute atomic E-state index is 11.1. The Balaban J connectivity index is 2.81. The minimum Gasteiger partial charge on any atom is -0.397 e. The summed E-state index contributed by atoms with van der Waals surface area (Å²) < 4.78 is 22.3. The number of nitrogens with zero attached hydrogens (tertiary/aromatic N) is 1. The van der Waals surface area contributed by atoms with Crippen molar-refractivity contribution in [3.8, 4) is 0 Å². The SMILES string of the molecule is CC(CNc1ccc(S(N)(=O)=O)cc1N)N(C)C. The van der Waals surface area contributed by atoms with Crippen molar-refractivity contribution in [2.75, 3.05) is 31.7 Å². The molecule has 0 saturated carbocycles. The van der Waals surface area contributed by atoms with Gasteiger partial charge in [0.25, 0.3) is 0 Å².